The molecule has 0 bridgehead atoms. The van der Waals surface area contributed by atoms with Crippen molar-refractivity contribution in [2.75, 3.05) is 0 Å². The molecule has 0 radical (unpaired) electrons. The van der Waals surface area contributed by atoms with Gasteiger partial charge in [0.15, 0.2) is 0 Å². The average molecular weight is 308 g/mol. The summed E-state index contributed by atoms with van der Waals surface area (Å²) in [6.07, 6.45) is 2.90. The standard InChI is InChI=1S/C14H14ClN3O3/c1-3-4-11-13(15)16-8-17-14(11)21-12-6-5-10(18(19)20)7-9(12)2/h5-8H,3-4H2,1-2H3. The van der Waals surface area contributed by atoms with Crippen LogP contribution < -0.4 is 4.74 Å². The molecule has 0 unspecified atom stereocenters. The summed E-state index contributed by atoms with van der Waals surface area (Å²) in [5.41, 5.74) is 1.41. The maximum atomic E-state index is 10.7. The molecule has 2 rings (SSSR count). The highest BCUT2D eigenvalue weighted by molar-refractivity contribution is 6.30. The molecule has 7 heteroatoms. The molecule has 0 aliphatic heterocycles. The van der Waals surface area contributed by atoms with Crippen LogP contribution >= 0.6 is 11.6 Å². The third-order valence-corrected chi connectivity index (χ3v) is 3.25. The highest BCUT2D eigenvalue weighted by Gasteiger charge is 2.14. The lowest BCUT2D eigenvalue weighted by atomic mass is 10.2. The van der Waals surface area contributed by atoms with Gasteiger partial charge in [-0.3, -0.25) is 10.1 Å². The maximum absolute atomic E-state index is 10.7. The van der Waals surface area contributed by atoms with Crippen molar-refractivity contribution in [3.8, 4) is 11.6 Å². The van der Waals surface area contributed by atoms with Gasteiger partial charge in [-0.25, -0.2) is 9.97 Å². The van der Waals surface area contributed by atoms with E-state index in [1.54, 1.807) is 13.0 Å². The zero-order chi connectivity index (χ0) is 15.4. The molecular weight excluding hydrogens is 294 g/mol. The van der Waals surface area contributed by atoms with Crippen molar-refractivity contribution in [1.82, 2.24) is 9.97 Å². The Bertz CT molecular complexity index is 677. The number of halogens is 1. The zero-order valence-corrected chi connectivity index (χ0v) is 12.4. The van der Waals surface area contributed by atoms with Crippen LogP contribution in [0.25, 0.3) is 0 Å². The second kappa shape index (κ2) is 6.49. The van der Waals surface area contributed by atoms with Gasteiger partial charge in [0.05, 0.1) is 10.5 Å². The summed E-state index contributed by atoms with van der Waals surface area (Å²) in [6, 6.07) is 4.40. The Morgan fingerprint density at radius 1 is 1.38 bits per heavy atom. The first-order valence-corrected chi connectivity index (χ1v) is 6.83. The molecule has 2 aromatic rings. The number of rotatable bonds is 5. The molecule has 0 amide bonds. The van der Waals surface area contributed by atoms with Crippen LogP contribution in [0.5, 0.6) is 11.6 Å². The number of ether oxygens (including phenoxy) is 1. The number of nitrogens with zero attached hydrogens (tertiary/aromatic N) is 3. The summed E-state index contributed by atoms with van der Waals surface area (Å²) in [5, 5.41) is 11.1. The van der Waals surface area contributed by atoms with Crippen LogP contribution in [0.4, 0.5) is 5.69 Å². The minimum atomic E-state index is -0.444. The van der Waals surface area contributed by atoms with Crippen molar-refractivity contribution >= 4 is 17.3 Å². The van der Waals surface area contributed by atoms with Gasteiger partial charge < -0.3 is 4.74 Å². The summed E-state index contributed by atoms with van der Waals surface area (Å²) in [5.74, 6) is 0.890. The molecule has 0 atom stereocenters. The number of non-ortho nitro benzene ring substituents is 1. The largest absolute Gasteiger partial charge is 0.438 e. The van der Waals surface area contributed by atoms with Gasteiger partial charge in [-0.2, -0.15) is 0 Å². The molecule has 0 fully saturated rings. The smallest absolute Gasteiger partial charge is 0.269 e. The Balaban J connectivity index is 2.34. The SMILES string of the molecule is CCCc1c(Cl)ncnc1Oc1ccc([N+](=O)[O-])cc1C. The van der Waals surface area contributed by atoms with E-state index in [1.165, 1.54) is 18.5 Å². The van der Waals surface area contributed by atoms with Crippen molar-refractivity contribution in [2.45, 2.75) is 26.7 Å². The summed E-state index contributed by atoms with van der Waals surface area (Å²) in [4.78, 5) is 18.3. The molecule has 0 spiro atoms. The molecule has 1 aromatic carbocycles. The quantitative estimate of drug-likeness (QED) is 0.472. The van der Waals surface area contributed by atoms with Crippen molar-refractivity contribution in [2.24, 2.45) is 0 Å². The number of aromatic nitrogens is 2. The molecule has 21 heavy (non-hydrogen) atoms. The molecule has 110 valence electrons. The Hall–Kier alpha value is -2.21. The van der Waals surface area contributed by atoms with E-state index in [1.807, 2.05) is 6.92 Å². The Morgan fingerprint density at radius 3 is 2.76 bits per heavy atom. The first kappa shape index (κ1) is 15.2. The zero-order valence-electron chi connectivity index (χ0n) is 11.7. The van der Waals surface area contributed by atoms with Gasteiger partial charge in [0.2, 0.25) is 5.88 Å². The van der Waals surface area contributed by atoms with E-state index in [4.69, 9.17) is 16.3 Å². The predicted molar refractivity (Wildman–Crippen MR) is 78.9 cm³/mol. The first-order chi connectivity index (χ1) is 10.0. The predicted octanol–water partition coefficient (Wildman–Crippen LogP) is 4.09. The van der Waals surface area contributed by atoms with Crippen molar-refractivity contribution < 1.29 is 9.66 Å². The molecule has 1 heterocycles. The van der Waals surface area contributed by atoms with Gasteiger partial charge in [-0.05, 0) is 25.0 Å². The van der Waals surface area contributed by atoms with E-state index < -0.39 is 4.92 Å². The van der Waals surface area contributed by atoms with E-state index in [9.17, 15) is 10.1 Å². The lowest BCUT2D eigenvalue weighted by Gasteiger charge is -2.11. The van der Waals surface area contributed by atoms with E-state index in [2.05, 4.69) is 9.97 Å². The Kier molecular flexibility index (Phi) is 4.70. The summed E-state index contributed by atoms with van der Waals surface area (Å²) in [7, 11) is 0. The number of hydrogen-bond acceptors (Lipinski definition) is 5. The van der Waals surface area contributed by atoms with Gasteiger partial charge >= 0.3 is 0 Å². The fourth-order valence-electron chi connectivity index (χ4n) is 1.89. The van der Waals surface area contributed by atoms with Gasteiger partial charge in [-0.1, -0.05) is 24.9 Å². The van der Waals surface area contributed by atoms with Gasteiger partial charge in [0, 0.05) is 12.1 Å². The molecular formula is C14H14ClN3O3. The van der Waals surface area contributed by atoms with Gasteiger partial charge in [-0.15, -0.1) is 0 Å². The molecule has 1 aromatic heterocycles. The van der Waals surface area contributed by atoms with Crippen LogP contribution in [0.3, 0.4) is 0 Å². The van der Waals surface area contributed by atoms with Gasteiger partial charge in [0.25, 0.3) is 5.69 Å². The van der Waals surface area contributed by atoms with Crippen molar-refractivity contribution in [3.63, 3.8) is 0 Å². The molecule has 0 N–H and O–H groups in total. The maximum Gasteiger partial charge on any atom is 0.269 e. The lowest BCUT2D eigenvalue weighted by Crippen LogP contribution is -1.99. The monoisotopic (exact) mass is 307 g/mol. The molecule has 0 aliphatic rings. The normalized spacial score (nSPS) is 10.4. The van der Waals surface area contributed by atoms with E-state index in [0.717, 1.165) is 12.0 Å². The number of nitro benzene ring substituents is 1. The second-order valence-electron chi connectivity index (χ2n) is 4.51. The Labute approximate surface area is 126 Å². The summed E-state index contributed by atoms with van der Waals surface area (Å²) < 4.78 is 5.75. The topological polar surface area (TPSA) is 78.2 Å². The van der Waals surface area contributed by atoms with E-state index in [0.29, 0.717) is 28.8 Å². The van der Waals surface area contributed by atoms with E-state index >= 15 is 0 Å². The average Bonchev–Trinajstić information content (AvgIpc) is 2.44. The number of benzene rings is 1. The Morgan fingerprint density at radius 2 is 2.14 bits per heavy atom. The fourth-order valence-corrected chi connectivity index (χ4v) is 2.11. The number of hydrogen-bond donors (Lipinski definition) is 0. The number of aryl methyl sites for hydroxylation is 1. The van der Waals surface area contributed by atoms with Crippen LogP contribution in [0, 0.1) is 17.0 Å². The minimum Gasteiger partial charge on any atom is -0.438 e. The summed E-state index contributed by atoms with van der Waals surface area (Å²) >= 11 is 6.06. The minimum absolute atomic E-state index is 0.0225. The number of nitro groups is 1. The first-order valence-electron chi connectivity index (χ1n) is 6.45. The van der Waals surface area contributed by atoms with E-state index in [-0.39, 0.29) is 5.69 Å². The van der Waals surface area contributed by atoms with Crippen LogP contribution in [-0.2, 0) is 6.42 Å². The van der Waals surface area contributed by atoms with Crippen molar-refractivity contribution in [3.05, 3.63) is 50.9 Å². The lowest BCUT2D eigenvalue weighted by molar-refractivity contribution is -0.384. The fraction of sp³-hybridized carbons (Fsp3) is 0.286. The molecule has 6 nitrogen and oxygen atoms in total. The molecule has 0 aliphatic carbocycles. The second-order valence-corrected chi connectivity index (χ2v) is 4.87. The highest BCUT2D eigenvalue weighted by Crippen LogP contribution is 2.31. The third kappa shape index (κ3) is 3.46. The van der Waals surface area contributed by atoms with Crippen LogP contribution in [-0.4, -0.2) is 14.9 Å². The van der Waals surface area contributed by atoms with Crippen LogP contribution in [0.1, 0.15) is 24.5 Å². The van der Waals surface area contributed by atoms with Crippen LogP contribution in [0.15, 0.2) is 24.5 Å². The molecule has 0 saturated carbocycles. The van der Waals surface area contributed by atoms with Crippen molar-refractivity contribution in [1.29, 1.82) is 0 Å². The van der Waals surface area contributed by atoms with Gasteiger partial charge in [0.1, 0.15) is 17.2 Å². The highest BCUT2D eigenvalue weighted by atomic mass is 35.5. The molecule has 0 saturated heterocycles. The third-order valence-electron chi connectivity index (χ3n) is 2.93. The van der Waals surface area contributed by atoms with Crippen LogP contribution in [0.2, 0.25) is 5.15 Å². The summed E-state index contributed by atoms with van der Waals surface area (Å²) in [6.45, 7) is 3.76.